The molecular formula is C10H20N2O2S. The SMILES string of the molecule is CC1CC(N)CN(S(=O)(=O)CC2CC2)C1. The van der Waals surface area contributed by atoms with Crippen LogP contribution in [0.2, 0.25) is 0 Å². The lowest BCUT2D eigenvalue weighted by atomic mass is 9.99. The van der Waals surface area contributed by atoms with Crippen LogP contribution in [0.25, 0.3) is 0 Å². The van der Waals surface area contributed by atoms with Gasteiger partial charge in [0, 0.05) is 19.1 Å². The average molecular weight is 232 g/mol. The molecule has 1 heterocycles. The van der Waals surface area contributed by atoms with E-state index in [-0.39, 0.29) is 6.04 Å². The van der Waals surface area contributed by atoms with Gasteiger partial charge in [-0.05, 0) is 31.1 Å². The fourth-order valence-electron chi connectivity index (χ4n) is 2.26. The zero-order chi connectivity index (χ0) is 11.1. The first kappa shape index (κ1) is 11.4. The average Bonchev–Trinajstić information content (AvgIpc) is 2.85. The van der Waals surface area contributed by atoms with Crippen molar-refractivity contribution in [2.75, 3.05) is 18.8 Å². The monoisotopic (exact) mass is 232 g/mol. The van der Waals surface area contributed by atoms with E-state index in [0.717, 1.165) is 19.3 Å². The molecule has 15 heavy (non-hydrogen) atoms. The van der Waals surface area contributed by atoms with Gasteiger partial charge in [0.1, 0.15) is 0 Å². The van der Waals surface area contributed by atoms with Crippen molar-refractivity contribution >= 4 is 10.0 Å². The quantitative estimate of drug-likeness (QED) is 0.766. The topological polar surface area (TPSA) is 63.4 Å². The van der Waals surface area contributed by atoms with Crippen LogP contribution in [-0.4, -0.2) is 37.6 Å². The lowest BCUT2D eigenvalue weighted by Gasteiger charge is -2.33. The summed E-state index contributed by atoms with van der Waals surface area (Å²) >= 11 is 0. The molecule has 0 amide bonds. The molecule has 0 aromatic carbocycles. The summed E-state index contributed by atoms with van der Waals surface area (Å²) in [6.45, 7) is 3.24. The second-order valence-corrected chi connectivity index (χ2v) is 7.15. The van der Waals surface area contributed by atoms with Gasteiger partial charge in [0.25, 0.3) is 0 Å². The van der Waals surface area contributed by atoms with Crippen LogP contribution in [0.3, 0.4) is 0 Å². The van der Waals surface area contributed by atoms with Crippen molar-refractivity contribution in [3.05, 3.63) is 0 Å². The summed E-state index contributed by atoms with van der Waals surface area (Å²) in [5.74, 6) is 1.15. The Bertz CT molecular complexity index is 314. The number of nitrogens with zero attached hydrogens (tertiary/aromatic N) is 1. The number of piperidine rings is 1. The van der Waals surface area contributed by atoms with E-state index in [1.54, 1.807) is 4.31 Å². The van der Waals surface area contributed by atoms with Gasteiger partial charge in [-0.25, -0.2) is 12.7 Å². The number of rotatable bonds is 3. The third kappa shape index (κ3) is 2.92. The second-order valence-electron chi connectivity index (χ2n) is 5.14. The first-order valence-electron chi connectivity index (χ1n) is 5.71. The predicted molar refractivity (Wildman–Crippen MR) is 59.8 cm³/mol. The molecule has 1 saturated carbocycles. The van der Waals surface area contributed by atoms with Gasteiger partial charge in [-0.2, -0.15) is 0 Å². The molecule has 0 spiro atoms. The summed E-state index contributed by atoms with van der Waals surface area (Å²) in [5.41, 5.74) is 5.85. The molecule has 4 nitrogen and oxygen atoms in total. The van der Waals surface area contributed by atoms with Gasteiger partial charge in [-0.15, -0.1) is 0 Å². The van der Waals surface area contributed by atoms with Crippen LogP contribution >= 0.6 is 0 Å². The molecule has 88 valence electrons. The molecule has 1 saturated heterocycles. The first-order chi connectivity index (χ1) is 6.97. The fraction of sp³-hybridized carbons (Fsp3) is 1.00. The molecule has 2 aliphatic rings. The van der Waals surface area contributed by atoms with Crippen LogP contribution in [0.5, 0.6) is 0 Å². The zero-order valence-corrected chi connectivity index (χ0v) is 10.0. The lowest BCUT2D eigenvalue weighted by molar-refractivity contribution is 0.254. The van der Waals surface area contributed by atoms with Gasteiger partial charge in [-0.1, -0.05) is 6.92 Å². The molecule has 2 fully saturated rings. The summed E-state index contributed by atoms with van der Waals surface area (Å²) in [7, 11) is -3.03. The number of nitrogens with two attached hydrogens (primary N) is 1. The minimum absolute atomic E-state index is 0.0164. The molecule has 2 unspecified atom stereocenters. The molecular weight excluding hydrogens is 212 g/mol. The molecule has 1 aliphatic carbocycles. The number of hydrogen-bond donors (Lipinski definition) is 1. The minimum Gasteiger partial charge on any atom is -0.326 e. The second kappa shape index (κ2) is 4.03. The molecule has 0 bridgehead atoms. The van der Waals surface area contributed by atoms with Crippen molar-refractivity contribution < 1.29 is 8.42 Å². The van der Waals surface area contributed by atoms with Gasteiger partial charge in [-0.3, -0.25) is 0 Å². The normalized spacial score (nSPS) is 34.3. The van der Waals surface area contributed by atoms with Crippen molar-refractivity contribution in [1.82, 2.24) is 4.31 Å². The van der Waals surface area contributed by atoms with Crippen LogP contribution in [0.15, 0.2) is 0 Å². The number of sulfonamides is 1. The summed E-state index contributed by atoms with van der Waals surface area (Å²) in [4.78, 5) is 0. The molecule has 0 aromatic heterocycles. The van der Waals surface area contributed by atoms with E-state index < -0.39 is 10.0 Å². The van der Waals surface area contributed by atoms with E-state index in [1.165, 1.54) is 0 Å². The molecule has 1 aliphatic heterocycles. The molecule has 0 radical (unpaired) electrons. The van der Waals surface area contributed by atoms with Gasteiger partial charge in [0.2, 0.25) is 10.0 Å². The first-order valence-corrected chi connectivity index (χ1v) is 7.31. The molecule has 2 atom stereocenters. The lowest BCUT2D eigenvalue weighted by Crippen LogP contribution is -2.49. The van der Waals surface area contributed by atoms with Crippen molar-refractivity contribution in [1.29, 1.82) is 0 Å². The Morgan fingerprint density at radius 3 is 2.53 bits per heavy atom. The maximum atomic E-state index is 12.0. The third-order valence-electron chi connectivity index (χ3n) is 3.20. The standard InChI is InChI=1S/C10H20N2O2S/c1-8-4-10(11)6-12(5-8)15(13,14)7-9-2-3-9/h8-10H,2-7,11H2,1H3. The summed E-state index contributed by atoms with van der Waals surface area (Å²) in [5, 5.41) is 0. The van der Waals surface area contributed by atoms with E-state index in [2.05, 4.69) is 6.92 Å². The molecule has 2 N–H and O–H groups in total. The summed E-state index contributed by atoms with van der Waals surface area (Å²) < 4.78 is 25.6. The highest BCUT2D eigenvalue weighted by atomic mass is 32.2. The van der Waals surface area contributed by atoms with Crippen molar-refractivity contribution in [2.24, 2.45) is 17.6 Å². The third-order valence-corrected chi connectivity index (χ3v) is 5.17. The Balaban J connectivity index is 2.01. The largest absolute Gasteiger partial charge is 0.326 e. The van der Waals surface area contributed by atoms with E-state index >= 15 is 0 Å². The molecule has 0 aromatic rings. The Kier molecular flexibility index (Phi) is 3.05. The van der Waals surface area contributed by atoms with Gasteiger partial charge in [0.15, 0.2) is 0 Å². The van der Waals surface area contributed by atoms with Crippen LogP contribution in [-0.2, 0) is 10.0 Å². The van der Waals surface area contributed by atoms with Gasteiger partial charge in [0.05, 0.1) is 5.75 Å². The van der Waals surface area contributed by atoms with Crippen LogP contribution in [0, 0.1) is 11.8 Å². The van der Waals surface area contributed by atoms with E-state index in [1.807, 2.05) is 0 Å². The highest BCUT2D eigenvalue weighted by Gasteiger charge is 2.35. The van der Waals surface area contributed by atoms with E-state index in [4.69, 9.17) is 5.73 Å². The maximum absolute atomic E-state index is 12.0. The number of hydrogen-bond acceptors (Lipinski definition) is 3. The van der Waals surface area contributed by atoms with E-state index in [9.17, 15) is 8.42 Å². The molecule has 2 rings (SSSR count). The van der Waals surface area contributed by atoms with Crippen LogP contribution in [0.1, 0.15) is 26.2 Å². The highest BCUT2D eigenvalue weighted by Crippen LogP contribution is 2.32. The van der Waals surface area contributed by atoms with Crippen molar-refractivity contribution in [2.45, 2.75) is 32.2 Å². The predicted octanol–water partition coefficient (Wildman–Crippen LogP) is 0.395. The van der Waals surface area contributed by atoms with Crippen LogP contribution in [0.4, 0.5) is 0 Å². The smallest absolute Gasteiger partial charge is 0.214 e. The zero-order valence-electron chi connectivity index (χ0n) is 9.22. The highest BCUT2D eigenvalue weighted by molar-refractivity contribution is 7.89. The summed E-state index contributed by atoms with van der Waals surface area (Å²) in [6.07, 6.45) is 3.10. The van der Waals surface area contributed by atoms with Crippen LogP contribution < -0.4 is 5.73 Å². The Morgan fingerprint density at radius 2 is 2.00 bits per heavy atom. The van der Waals surface area contributed by atoms with Crippen molar-refractivity contribution in [3.63, 3.8) is 0 Å². The van der Waals surface area contributed by atoms with E-state index in [0.29, 0.717) is 30.7 Å². The molecule has 5 heteroatoms. The summed E-state index contributed by atoms with van der Waals surface area (Å²) in [6, 6.07) is 0.0164. The fourth-order valence-corrected chi connectivity index (χ4v) is 4.30. The Morgan fingerprint density at radius 1 is 1.33 bits per heavy atom. The minimum atomic E-state index is -3.03. The Labute approximate surface area is 91.9 Å². The van der Waals surface area contributed by atoms with Crippen molar-refractivity contribution in [3.8, 4) is 0 Å². The maximum Gasteiger partial charge on any atom is 0.214 e. The Hall–Kier alpha value is -0.130. The van der Waals surface area contributed by atoms with Gasteiger partial charge >= 0.3 is 0 Å². The van der Waals surface area contributed by atoms with Gasteiger partial charge < -0.3 is 5.73 Å².